The van der Waals surface area contributed by atoms with Gasteiger partial charge < -0.3 is 9.32 Å². The number of nitrogens with zero attached hydrogens (tertiary/aromatic N) is 1. The standard InChI is InChI=1S/C47H48BNO/c1-44(2,3)35-19-13-17-32-41-43(50-42(32)35)48-38-24-21-30(29-15-11-10-12-16-29)27-37(38)47(8,9)34-18-14-20-39(40(34)48)49(41)31-22-23-33-36(28-31)46(6,7)26-25-45(33,4)5/h10-24,27-28H,25-26H2,1-9H3. The van der Waals surface area contributed by atoms with Crippen LogP contribution < -0.4 is 21.5 Å². The van der Waals surface area contributed by atoms with Gasteiger partial charge in [0.2, 0.25) is 0 Å². The average Bonchev–Trinajstić information content (AvgIpc) is 3.47. The molecule has 2 aliphatic heterocycles. The molecule has 5 aromatic carbocycles. The maximum absolute atomic E-state index is 7.33. The van der Waals surface area contributed by atoms with Crippen molar-refractivity contribution in [3.63, 3.8) is 0 Å². The van der Waals surface area contributed by atoms with Crippen LogP contribution in [-0.4, -0.2) is 6.71 Å². The van der Waals surface area contributed by atoms with Crippen LogP contribution in [0.25, 0.3) is 22.1 Å². The Balaban J connectivity index is 1.36. The maximum Gasteiger partial charge on any atom is 0.293 e. The maximum atomic E-state index is 7.33. The minimum atomic E-state index is -0.199. The molecule has 0 fully saturated rings. The summed E-state index contributed by atoms with van der Waals surface area (Å²) in [6, 6.07) is 39.1. The molecule has 0 radical (unpaired) electrons. The molecule has 6 aromatic rings. The summed E-state index contributed by atoms with van der Waals surface area (Å²) in [5, 5.41) is 1.19. The Morgan fingerprint density at radius 2 is 1.36 bits per heavy atom. The summed E-state index contributed by atoms with van der Waals surface area (Å²) in [6.45, 7) is 21.4. The lowest BCUT2D eigenvalue weighted by Crippen LogP contribution is -2.63. The van der Waals surface area contributed by atoms with Gasteiger partial charge in [-0.1, -0.05) is 147 Å². The molecule has 3 aliphatic rings. The van der Waals surface area contributed by atoms with E-state index in [1.54, 1.807) is 0 Å². The summed E-state index contributed by atoms with van der Waals surface area (Å²) in [5.74, 6) is 0. The fourth-order valence-corrected chi connectivity index (χ4v) is 9.57. The van der Waals surface area contributed by atoms with E-state index in [1.807, 2.05) is 0 Å². The molecule has 0 saturated carbocycles. The lowest BCUT2D eigenvalue weighted by atomic mass is 9.32. The molecule has 2 nitrogen and oxygen atoms in total. The van der Waals surface area contributed by atoms with Crippen molar-refractivity contribution in [2.24, 2.45) is 0 Å². The SMILES string of the molecule is CC(C)(C)c1cccc2c3c(oc12)B1c2ccc(-c4ccccc4)cc2C(C)(C)c2cccc(c21)N3c1ccc2c(c1)C(C)(C)CCC2(C)C. The molecular formula is C47H48BNO. The van der Waals surface area contributed by atoms with E-state index in [0.717, 1.165) is 11.2 Å². The van der Waals surface area contributed by atoms with Crippen molar-refractivity contribution in [1.29, 1.82) is 0 Å². The number of rotatable bonds is 2. The second-order valence-electron chi connectivity index (χ2n) is 18.0. The highest BCUT2D eigenvalue weighted by atomic mass is 16.3. The number of hydrogen-bond acceptors (Lipinski definition) is 2. The van der Waals surface area contributed by atoms with E-state index in [1.165, 1.54) is 85.2 Å². The monoisotopic (exact) mass is 653 g/mol. The molecule has 0 atom stereocenters. The first-order chi connectivity index (χ1) is 23.7. The van der Waals surface area contributed by atoms with Gasteiger partial charge in [0.1, 0.15) is 5.58 Å². The zero-order valence-corrected chi connectivity index (χ0v) is 31.2. The Kier molecular flexibility index (Phi) is 6.48. The summed E-state index contributed by atoms with van der Waals surface area (Å²) in [4.78, 5) is 2.56. The summed E-state index contributed by atoms with van der Waals surface area (Å²) in [7, 11) is 0. The number of fused-ring (bicyclic) bond motifs is 7. The van der Waals surface area contributed by atoms with Crippen LogP contribution in [0.5, 0.6) is 0 Å². The van der Waals surface area contributed by atoms with Crippen molar-refractivity contribution in [3.05, 3.63) is 131 Å². The smallest absolute Gasteiger partial charge is 0.293 e. The fraction of sp³-hybridized carbons (Fsp3) is 0.319. The van der Waals surface area contributed by atoms with Crippen LogP contribution in [0.2, 0.25) is 0 Å². The molecular weight excluding hydrogens is 605 g/mol. The molecule has 250 valence electrons. The number of hydrogen-bond donors (Lipinski definition) is 0. The Labute approximate surface area is 298 Å². The highest BCUT2D eigenvalue weighted by molar-refractivity contribution is 6.98. The molecule has 0 bridgehead atoms. The quantitative estimate of drug-likeness (QED) is 0.173. The van der Waals surface area contributed by atoms with Gasteiger partial charge in [-0.25, -0.2) is 0 Å². The van der Waals surface area contributed by atoms with Gasteiger partial charge in [0.25, 0.3) is 6.71 Å². The minimum absolute atomic E-state index is 0.00600. The van der Waals surface area contributed by atoms with Crippen LogP contribution in [0.1, 0.15) is 103 Å². The van der Waals surface area contributed by atoms with E-state index in [-0.39, 0.29) is 28.4 Å². The van der Waals surface area contributed by atoms with Gasteiger partial charge in [-0.15, -0.1) is 0 Å². The van der Waals surface area contributed by atoms with Crippen molar-refractivity contribution in [1.82, 2.24) is 0 Å². The van der Waals surface area contributed by atoms with Crippen molar-refractivity contribution < 1.29 is 4.42 Å². The zero-order chi connectivity index (χ0) is 35.0. The van der Waals surface area contributed by atoms with Gasteiger partial charge in [0.15, 0.2) is 0 Å². The molecule has 0 saturated heterocycles. The van der Waals surface area contributed by atoms with Crippen LogP contribution >= 0.6 is 0 Å². The van der Waals surface area contributed by atoms with E-state index in [4.69, 9.17) is 4.42 Å². The second-order valence-corrected chi connectivity index (χ2v) is 18.0. The summed E-state index contributed by atoms with van der Waals surface area (Å²) in [5.41, 5.74) is 17.9. The third-order valence-corrected chi connectivity index (χ3v) is 12.5. The zero-order valence-electron chi connectivity index (χ0n) is 31.2. The van der Waals surface area contributed by atoms with Gasteiger partial charge in [0, 0.05) is 27.7 Å². The van der Waals surface area contributed by atoms with E-state index < -0.39 is 0 Å². The lowest BCUT2D eigenvalue weighted by molar-refractivity contribution is 0.332. The number of furan rings is 1. The molecule has 0 unspecified atom stereocenters. The molecule has 9 rings (SSSR count). The van der Waals surface area contributed by atoms with Crippen molar-refractivity contribution in [3.8, 4) is 11.1 Å². The van der Waals surface area contributed by atoms with E-state index in [0.29, 0.717) is 0 Å². The Bertz CT molecular complexity index is 2350. The van der Waals surface area contributed by atoms with Crippen LogP contribution in [0.15, 0.2) is 108 Å². The Morgan fingerprint density at radius 3 is 2.10 bits per heavy atom. The largest absolute Gasteiger partial charge is 0.468 e. The van der Waals surface area contributed by atoms with E-state index in [9.17, 15) is 0 Å². The second kappa shape index (κ2) is 10.3. The molecule has 1 aromatic heterocycles. The van der Waals surface area contributed by atoms with Gasteiger partial charge in [0.05, 0.1) is 11.3 Å². The number of benzene rings is 5. The van der Waals surface area contributed by atoms with Crippen LogP contribution in [-0.2, 0) is 21.7 Å². The highest BCUT2D eigenvalue weighted by Gasteiger charge is 2.49. The summed E-state index contributed by atoms with van der Waals surface area (Å²) in [6.07, 6.45) is 2.39. The third kappa shape index (κ3) is 4.34. The molecule has 0 spiro atoms. The molecule has 0 N–H and O–H groups in total. The van der Waals surface area contributed by atoms with Gasteiger partial charge in [-0.2, -0.15) is 0 Å². The first kappa shape index (κ1) is 31.5. The number of anilines is 3. The Hall–Kier alpha value is -4.50. The van der Waals surface area contributed by atoms with Crippen molar-refractivity contribution in [2.75, 3.05) is 4.90 Å². The van der Waals surface area contributed by atoms with Gasteiger partial charge >= 0.3 is 0 Å². The first-order valence-corrected chi connectivity index (χ1v) is 18.5. The minimum Gasteiger partial charge on any atom is -0.468 e. The summed E-state index contributed by atoms with van der Waals surface area (Å²) < 4.78 is 7.33. The molecule has 3 heterocycles. The molecule has 50 heavy (non-hydrogen) atoms. The van der Waals surface area contributed by atoms with E-state index >= 15 is 0 Å². The van der Waals surface area contributed by atoms with Crippen LogP contribution in [0, 0.1) is 0 Å². The Morgan fingerprint density at radius 1 is 0.640 bits per heavy atom. The normalized spacial score (nSPS) is 17.9. The van der Waals surface area contributed by atoms with Crippen LogP contribution in [0.3, 0.4) is 0 Å². The first-order valence-electron chi connectivity index (χ1n) is 18.5. The number of para-hydroxylation sites is 1. The summed E-state index contributed by atoms with van der Waals surface area (Å²) >= 11 is 0. The predicted molar refractivity (Wildman–Crippen MR) is 214 cm³/mol. The average molecular weight is 654 g/mol. The van der Waals surface area contributed by atoms with Gasteiger partial charge in [-0.3, -0.25) is 0 Å². The van der Waals surface area contributed by atoms with Gasteiger partial charge in [-0.05, 0) is 92.2 Å². The highest BCUT2D eigenvalue weighted by Crippen LogP contribution is 2.51. The topological polar surface area (TPSA) is 16.4 Å². The van der Waals surface area contributed by atoms with Crippen molar-refractivity contribution in [2.45, 2.75) is 96.8 Å². The van der Waals surface area contributed by atoms with Crippen molar-refractivity contribution >= 4 is 51.3 Å². The molecule has 1 aliphatic carbocycles. The third-order valence-electron chi connectivity index (χ3n) is 12.5. The van der Waals surface area contributed by atoms with E-state index in [2.05, 4.69) is 170 Å². The predicted octanol–water partition coefficient (Wildman–Crippen LogP) is 10.7. The fourth-order valence-electron chi connectivity index (χ4n) is 9.57. The van der Waals surface area contributed by atoms with Crippen LogP contribution in [0.4, 0.5) is 17.1 Å². The molecule has 0 amide bonds. The lowest BCUT2D eigenvalue weighted by Gasteiger charge is -2.45. The molecule has 3 heteroatoms.